The number of carbonyl (C=O) groups is 1. The summed E-state index contributed by atoms with van der Waals surface area (Å²) in [6.07, 6.45) is 9.28. The molecular formula is C21H28O4. The second-order valence-corrected chi connectivity index (χ2v) is 6.97. The molecule has 1 N–H and O–H groups in total. The van der Waals surface area contributed by atoms with E-state index in [9.17, 15) is 14.7 Å². The van der Waals surface area contributed by atoms with Crippen LogP contribution in [0.25, 0.3) is 0 Å². The first-order valence-corrected chi connectivity index (χ1v) is 8.48. The van der Waals surface area contributed by atoms with Crippen molar-refractivity contribution in [1.29, 1.82) is 0 Å². The Morgan fingerprint density at radius 1 is 1.24 bits per heavy atom. The lowest BCUT2D eigenvalue weighted by Gasteiger charge is -2.35. The van der Waals surface area contributed by atoms with Gasteiger partial charge in [0.05, 0.1) is 23.2 Å². The summed E-state index contributed by atoms with van der Waals surface area (Å²) >= 11 is 0. The van der Waals surface area contributed by atoms with Gasteiger partial charge in [-0.25, -0.2) is 4.79 Å². The molecular weight excluding hydrogens is 316 g/mol. The van der Waals surface area contributed by atoms with E-state index in [0.717, 1.165) is 0 Å². The third kappa shape index (κ3) is 4.68. The number of allylic oxidation sites excluding steroid dienone is 7. The lowest BCUT2D eigenvalue weighted by molar-refractivity contribution is -0.113. The average molecular weight is 344 g/mol. The van der Waals surface area contributed by atoms with Gasteiger partial charge in [-0.15, -0.1) is 0 Å². The normalized spacial score (nSPS) is 17.8. The molecule has 136 valence electrons. The van der Waals surface area contributed by atoms with Gasteiger partial charge in [-0.2, -0.15) is 0 Å². The van der Waals surface area contributed by atoms with Crippen molar-refractivity contribution in [3.05, 3.63) is 52.9 Å². The number of hydrogen-bond donors (Lipinski definition) is 1. The molecule has 1 aliphatic rings. The van der Waals surface area contributed by atoms with Crippen LogP contribution in [0.15, 0.2) is 52.9 Å². The Labute approximate surface area is 150 Å². The number of carbonyl (C=O) groups excluding carboxylic acids is 2. The van der Waals surface area contributed by atoms with Crippen LogP contribution in [0.2, 0.25) is 0 Å². The van der Waals surface area contributed by atoms with Crippen molar-refractivity contribution < 1.29 is 19.4 Å². The Balaban J connectivity index is 3.81. The molecule has 0 radical (unpaired) electrons. The predicted molar refractivity (Wildman–Crippen MR) is 99.9 cm³/mol. The molecule has 0 aliphatic heterocycles. The maximum atomic E-state index is 12.1. The predicted octanol–water partition coefficient (Wildman–Crippen LogP) is 4.14. The molecule has 1 rings (SSSR count). The SMILES string of the molecule is COCC1=CC(O)=C(C(C)=O)C(=C=O)C1(/C=C/C(C)C)/C=C/C(C)C. The fourth-order valence-electron chi connectivity index (χ4n) is 2.79. The molecule has 4 nitrogen and oxygen atoms in total. The van der Waals surface area contributed by atoms with E-state index in [1.165, 1.54) is 13.0 Å². The molecule has 0 bridgehead atoms. The Morgan fingerprint density at radius 2 is 1.76 bits per heavy atom. The van der Waals surface area contributed by atoms with Crippen molar-refractivity contribution in [3.8, 4) is 0 Å². The van der Waals surface area contributed by atoms with Crippen molar-refractivity contribution in [1.82, 2.24) is 0 Å². The highest BCUT2D eigenvalue weighted by atomic mass is 16.5. The van der Waals surface area contributed by atoms with Gasteiger partial charge in [0.1, 0.15) is 11.7 Å². The lowest BCUT2D eigenvalue weighted by atomic mass is 9.67. The summed E-state index contributed by atoms with van der Waals surface area (Å²) in [5.41, 5.74) is -0.137. The molecule has 0 fully saturated rings. The summed E-state index contributed by atoms with van der Waals surface area (Å²) in [4.78, 5) is 24.0. The summed E-state index contributed by atoms with van der Waals surface area (Å²) in [5.74, 6) is 1.83. The zero-order chi connectivity index (χ0) is 19.2. The molecule has 1 aliphatic carbocycles. The van der Waals surface area contributed by atoms with Crippen molar-refractivity contribution in [2.45, 2.75) is 34.6 Å². The molecule has 0 amide bonds. The largest absolute Gasteiger partial charge is 0.507 e. The van der Waals surface area contributed by atoms with Crippen molar-refractivity contribution in [2.24, 2.45) is 17.3 Å². The molecule has 0 heterocycles. The molecule has 0 aromatic heterocycles. The molecule has 0 saturated heterocycles. The van der Waals surface area contributed by atoms with Crippen LogP contribution in [0.3, 0.4) is 0 Å². The highest BCUT2D eigenvalue weighted by Crippen LogP contribution is 2.46. The van der Waals surface area contributed by atoms with E-state index in [1.54, 1.807) is 7.11 Å². The standard InChI is InChI=1S/C21H28O4/c1-14(2)7-9-21(10-8-15(3)4)17(13-25-6)11-19(24)20(16(5)23)18(21)12-22/h7-11,14-15,24H,13H2,1-6H3/b9-7+,10-8+. The third-order valence-electron chi connectivity index (χ3n) is 4.00. The van der Waals surface area contributed by atoms with Crippen LogP contribution >= 0.6 is 0 Å². The van der Waals surface area contributed by atoms with Gasteiger partial charge in [0.2, 0.25) is 0 Å². The molecule has 25 heavy (non-hydrogen) atoms. The van der Waals surface area contributed by atoms with Crippen LogP contribution < -0.4 is 0 Å². The van der Waals surface area contributed by atoms with Crippen molar-refractivity contribution in [3.63, 3.8) is 0 Å². The number of aliphatic hydroxyl groups is 1. The smallest absolute Gasteiger partial charge is 0.164 e. The molecule has 0 unspecified atom stereocenters. The zero-order valence-electron chi connectivity index (χ0n) is 15.9. The van der Waals surface area contributed by atoms with Gasteiger partial charge in [0.15, 0.2) is 5.78 Å². The van der Waals surface area contributed by atoms with E-state index < -0.39 is 5.41 Å². The van der Waals surface area contributed by atoms with Crippen LogP contribution in [0.1, 0.15) is 34.6 Å². The van der Waals surface area contributed by atoms with Crippen LogP contribution in [-0.2, 0) is 14.3 Å². The van der Waals surface area contributed by atoms with Gasteiger partial charge in [-0.1, -0.05) is 52.0 Å². The topological polar surface area (TPSA) is 63.6 Å². The summed E-state index contributed by atoms with van der Waals surface area (Å²) in [6, 6.07) is 0. The second-order valence-electron chi connectivity index (χ2n) is 6.97. The first-order chi connectivity index (χ1) is 11.7. The van der Waals surface area contributed by atoms with E-state index in [-0.39, 0.29) is 41.1 Å². The van der Waals surface area contributed by atoms with Crippen LogP contribution in [-0.4, -0.2) is 30.5 Å². The maximum absolute atomic E-state index is 12.1. The number of aliphatic hydroxyl groups excluding tert-OH is 1. The van der Waals surface area contributed by atoms with Gasteiger partial charge in [-0.3, -0.25) is 4.79 Å². The first kappa shape index (κ1) is 20.9. The van der Waals surface area contributed by atoms with E-state index >= 15 is 0 Å². The minimum atomic E-state index is -0.959. The highest BCUT2D eigenvalue weighted by molar-refractivity contribution is 6.03. The van der Waals surface area contributed by atoms with Crippen molar-refractivity contribution in [2.75, 3.05) is 13.7 Å². The van der Waals surface area contributed by atoms with Gasteiger partial charge in [-0.05, 0) is 30.4 Å². The van der Waals surface area contributed by atoms with Crippen molar-refractivity contribution >= 4 is 11.7 Å². The molecule has 0 atom stereocenters. The van der Waals surface area contributed by atoms with E-state index in [2.05, 4.69) is 0 Å². The number of rotatable bonds is 7. The summed E-state index contributed by atoms with van der Waals surface area (Å²) in [5, 5.41) is 10.3. The van der Waals surface area contributed by atoms with Crippen LogP contribution in [0.4, 0.5) is 0 Å². The van der Waals surface area contributed by atoms with E-state index in [4.69, 9.17) is 4.74 Å². The lowest BCUT2D eigenvalue weighted by Crippen LogP contribution is -2.31. The molecule has 0 aromatic rings. The van der Waals surface area contributed by atoms with E-state index in [0.29, 0.717) is 5.57 Å². The molecule has 0 aromatic carbocycles. The van der Waals surface area contributed by atoms with E-state index in [1.807, 2.05) is 57.9 Å². The van der Waals surface area contributed by atoms with Gasteiger partial charge < -0.3 is 9.84 Å². The van der Waals surface area contributed by atoms with Crippen LogP contribution in [0.5, 0.6) is 0 Å². The third-order valence-corrected chi connectivity index (χ3v) is 4.00. The summed E-state index contributed by atoms with van der Waals surface area (Å²) < 4.78 is 5.29. The molecule has 0 saturated carbocycles. The highest BCUT2D eigenvalue weighted by Gasteiger charge is 2.42. The molecule has 4 heteroatoms. The number of Topliss-reactive ketones (excluding diaryl/α,β-unsaturated/α-hetero) is 1. The summed E-state index contributed by atoms with van der Waals surface area (Å²) in [6.45, 7) is 9.67. The minimum Gasteiger partial charge on any atom is -0.507 e. The number of hydrogen-bond acceptors (Lipinski definition) is 4. The number of ether oxygens (including phenoxy) is 1. The summed E-state index contributed by atoms with van der Waals surface area (Å²) in [7, 11) is 1.55. The Kier molecular flexibility index (Phi) is 7.35. The van der Waals surface area contributed by atoms with Crippen LogP contribution in [0, 0.1) is 17.3 Å². The molecule has 0 spiro atoms. The quantitative estimate of drug-likeness (QED) is 0.557. The Bertz CT molecular complexity index is 663. The fraction of sp³-hybridized carbons (Fsp3) is 0.476. The Hall–Kier alpha value is -2.16. The monoisotopic (exact) mass is 344 g/mol. The van der Waals surface area contributed by atoms with Gasteiger partial charge in [0, 0.05) is 7.11 Å². The number of methoxy groups -OCH3 is 1. The average Bonchev–Trinajstić information content (AvgIpc) is 2.52. The minimum absolute atomic E-state index is 0.0108. The van der Waals surface area contributed by atoms with Gasteiger partial charge in [0.25, 0.3) is 0 Å². The second kappa shape index (κ2) is 8.80. The number of ketones is 1. The van der Waals surface area contributed by atoms with Gasteiger partial charge >= 0.3 is 0 Å². The first-order valence-electron chi connectivity index (χ1n) is 8.48. The maximum Gasteiger partial charge on any atom is 0.164 e. The fourth-order valence-corrected chi connectivity index (χ4v) is 2.79. The Morgan fingerprint density at radius 3 is 2.12 bits per heavy atom. The zero-order valence-corrected chi connectivity index (χ0v) is 15.9.